The van der Waals surface area contributed by atoms with Crippen molar-refractivity contribution in [2.45, 2.75) is 115 Å². The average Bonchev–Trinajstić information content (AvgIpc) is 4.20. The number of aliphatic hydroxyl groups is 1. The fourth-order valence-electron chi connectivity index (χ4n) is 10.8. The number of hydrogen-bond acceptors (Lipinski definition) is 15. The zero-order valence-corrected chi connectivity index (χ0v) is 42.8. The van der Waals surface area contributed by atoms with Gasteiger partial charge in [-0.25, -0.2) is 9.97 Å². The molecular weight excluding hydrogens is 945 g/mol. The molecule has 1 saturated carbocycles. The number of nitrogens with two attached hydrogens (primary N) is 1. The Kier molecular flexibility index (Phi) is 15.1. The zero-order valence-electron chi connectivity index (χ0n) is 42.0. The predicted molar refractivity (Wildman–Crippen MR) is 279 cm³/mol. The van der Waals surface area contributed by atoms with Crippen molar-refractivity contribution in [1.29, 1.82) is 0 Å². The number of fused-ring (bicyclic) bond motifs is 1. The smallest absolute Gasteiger partial charge is 0.243 e. The van der Waals surface area contributed by atoms with Crippen molar-refractivity contribution in [2.75, 3.05) is 56.5 Å². The number of rotatable bonds is 15. The van der Waals surface area contributed by atoms with Crippen LogP contribution in [0.15, 0.2) is 77.0 Å². The minimum Gasteiger partial charge on any atom is -0.507 e. The molecule has 2 aromatic carbocycles. The van der Waals surface area contributed by atoms with Gasteiger partial charge in [0.15, 0.2) is 11.6 Å². The monoisotopic (exact) mass is 1010 g/mol. The lowest BCUT2D eigenvalue weighted by molar-refractivity contribution is -0.141. The number of benzene rings is 2. The van der Waals surface area contributed by atoms with Gasteiger partial charge in [-0.2, -0.15) is 4.98 Å². The van der Waals surface area contributed by atoms with Crippen LogP contribution in [-0.4, -0.2) is 133 Å². The third-order valence-electron chi connectivity index (χ3n) is 15.1. The first-order valence-corrected chi connectivity index (χ1v) is 26.6. The fourth-order valence-corrected chi connectivity index (χ4v) is 11.6. The van der Waals surface area contributed by atoms with Crippen LogP contribution in [-0.2, 0) is 19.1 Å². The average molecular weight is 1010 g/mol. The summed E-state index contributed by atoms with van der Waals surface area (Å²) < 4.78 is 20.2. The number of β-amino-alcohol motifs (C(OH)–C–C–N with tert-alkyl or cyclic N) is 1. The molecule has 10 rings (SSSR count). The van der Waals surface area contributed by atoms with E-state index in [1.807, 2.05) is 69.6 Å². The topological polar surface area (TPSA) is 210 Å². The normalized spacial score (nSPS) is 21.8. The van der Waals surface area contributed by atoms with Crippen molar-refractivity contribution in [3.63, 3.8) is 0 Å². The number of imidazole rings is 1. The first-order valence-electron chi connectivity index (χ1n) is 25.8. The summed E-state index contributed by atoms with van der Waals surface area (Å²) in [4.78, 5) is 48.9. The van der Waals surface area contributed by atoms with Crippen LogP contribution in [0, 0.1) is 30.6 Å². The molecule has 3 aliphatic heterocycles. The first-order chi connectivity index (χ1) is 35.3. The van der Waals surface area contributed by atoms with Crippen molar-refractivity contribution < 1.29 is 33.8 Å². The van der Waals surface area contributed by atoms with Gasteiger partial charge in [-0.3, -0.25) is 14.0 Å². The van der Waals surface area contributed by atoms with Gasteiger partial charge in [0.05, 0.1) is 57.8 Å². The largest absolute Gasteiger partial charge is 0.507 e. The molecular formula is C55H66N10O7S. The zero-order chi connectivity index (χ0) is 50.8. The summed E-state index contributed by atoms with van der Waals surface area (Å²) in [5, 5.41) is 28.6. The standard InChI is InChI=1S/C55H66N10O7S/c1-33(2)50(54(69)65-30-40(66)24-46(65)53(68)58-34(3)37-11-13-38(14-12-37)51-35(4)57-32-73-51)48-27-49(61-72-48)63-21-15-36(16-22-63)28-62-19-17-41(18-20-62)71-43-25-42(26-43)70-23-7-8-39-29-64-31-45(59-55(64)60-52(39)56)44-9-5-6-10-47(44)67/h5-6,9-14,27,29,31-34,36,40-43,46,50,66-67H,15-26,28,30H2,1-4H3,(H,58,68)(H2,56,59,60)/t34-,40+,42-,43-,46-,50+/m0/s1. The van der Waals surface area contributed by atoms with Gasteiger partial charge in [0.1, 0.15) is 30.1 Å². The summed E-state index contributed by atoms with van der Waals surface area (Å²) in [6, 6.07) is 15.9. The second-order valence-corrected chi connectivity index (χ2v) is 21.5. The number of amides is 2. The third kappa shape index (κ3) is 11.4. The quantitative estimate of drug-likeness (QED) is 0.0766. The van der Waals surface area contributed by atoms with Gasteiger partial charge >= 0.3 is 0 Å². The second kappa shape index (κ2) is 22.0. The highest BCUT2D eigenvalue weighted by Gasteiger charge is 2.44. The van der Waals surface area contributed by atoms with E-state index in [0.717, 1.165) is 98.8 Å². The number of hydrogen-bond donors (Lipinski definition) is 4. The molecule has 0 spiro atoms. The van der Waals surface area contributed by atoms with Crippen LogP contribution < -0.4 is 16.0 Å². The number of para-hydroxylation sites is 1. The molecule has 17 nitrogen and oxygen atoms in total. The molecule has 1 aliphatic carbocycles. The molecule has 7 heterocycles. The summed E-state index contributed by atoms with van der Waals surface area (Å²) in [6.07, 6.45) is 9.46. The summed E-state index contributed by atoms with van der Waals surface area (Å²) >= 11 is 1.60. The molecule has 2 amide bonds. The summed E-state index contributed by atoms with van der Waals surface area (Å²) in [7, 11) is 0. The lowest BCUT2D eigenvalue weighted by atomic mass is 9.91. The SMILES string of the molecule is Cc1ncsc1-c1ccc([C@H](C)NC(=O)[C@@H]2C[C@@H](O)CN2C(=O)[C@@H](c2cc(N3CCC(CN4CCC(O[C@H]5C[C@H](OCC#Cc6cn7cc(-c8ccccc8O)nc7nc6N)C5)CC4)CC3)no2)C(C)C)cc1. The molecule has 5 N–H and O–H groups in total. The van der Waals surface area contributed by atoms with E-state index in [2.05, 4.69) is 47.1 Å². The minimum atomic E-state index is -0.802. The summed E-state index contributed by atoms with van der Waals surface area (Å²) in [6.45, 7) is 13.1. The molecule has 0 unspecified atom stereocenters. The molecule has 384 valence electrons. The van der Waals surface area contributed by atoms with Gasteiger partial charge in [-0.1, -0.05) is 67.2 Å². The lowest BCUT2D eigenvalue weighted by Crippen LogP contribution is -2.48. The number of piperidine rings is 2. The number of phenols is 1. The van der Waals surface area contributed by atoms with Crippen LogP contribution >= 0.6 is 11.3 Å². The van der Waals surface area contributed by atoms with Gasteiger partial charge in [0, 0.05) is 82.6 Å². The fraction of sp³-hybridized carbons (Fsp3) is 0.491. The van der Waals surface area contributed by atoms with Crippen LogP contribution in [0.5, 0.6) is 5.75 Å². The molecule has 6 aromatic rings. The summed E-state index contributed by atoms with van der Waals surface area (Å²) in [5.74, 6) is 7.54. The van der Waals surface area contributed by atoms with Crippen molar-refractivity contribution in [1.82, 2.24) is 39.6 Å². The van der Waals surface area contributed by atoms with Crippen molar-refractivity contribution in [3.05, 3.63) is 95.1 Å². The van der Waals surface area contributed by atoms with Crippen LogP contribution in [0.25, 0.3) is 27.5 Å². The predicted octanol–water partition coefficient (Wildman–Crippen LogP) is 6.98. The molecule has 18 heteroatoms. The Labute approximate surface area is 430 Å². The molecule has 0 radical (unpaired) electrons. The van der Waals surface area contributed by atoms with Crippen molar-refractivity contribution in [2.24, 2.45) is 11.8 Å². The van der Waals surface area contributed by atoms with Crippen LogP contribution in [0.2, 0.25) is 0 Å². The van der Waals surface area contributed by atoms with Gasteiger partial charge in [-0.05, 0) is 74.6 Å². The van der Waals surface area contributed by atoms with E-state index in [-0.39, 0.29) is 60.8 Å². The number of ether oxygens (including phenoxy) is 2. The van der Waals surface area contributed by atoms with E-state index in [4.69, 9.17) is 19.7 Å². The van der Waals surface area contributed by atoms with Gasteiger partial charge in [0.2, 0.25) is 17.6 Å². The molecule has 4 fully saturated rings. The van der Waals surface area contributed by atoms with E-state index in [0.29, 0.717) is 46.7 Å². The molecule has 4 aliphatic rings. The van der Waals surface area contributed by atoms with E-state index in [1.54, 1.807) is 46.3 Å². The maximum atomic E-state index is 14.3. The summed E-state index contributed by atoms with van der Waals surface area (Å²) in [5.41, 5.74) is 12.9. The number of thiazole rings is 1. The van der Waals surface area contributed by atoms with E-state index < -0.39 is 18.1 Å². The number of nitrogens with one attached hydrogen (secondary N) is 1. The molecule has 0 bridgehead atoms. The number of nitrogen functional groups attached to an aromatic ring is 1. The molecule has 4 atom stereocenters. The molecule has 3 saturated heterocycles. The Bertz CT molecular complexity index is 2940. The van der Waals surface area contributed by atoms with E-state index in [9.17, 15) is 19.8 Å². The number of anilines is 2. The number of aromatic nitrogens is 5. The highest BCUT2D eigenvalue weighted by Crippen LogP contribution is 2.36. The highest BCUT2D eigenvalue weighted by atomic mass is 32.1. The first kappa shape index (κ1) is 50.2. The van der Waals surface area contributed by atoms with E-state index in [1.165, 1.54) is 4.90 Å². The van der Waals surface area contributed by atoms with E-state index >= 15 is 0 Å². The van der Waals surface area contributed by atoms with Gasteiger partial charge in [0.25, 0.3) is 0 Å². The second-order valence-electron chi connectivity index (χ2n) is 20.6. The number of aromatic hydroxyl groups is 1. The van der Waals surface area contributed by atoms with Crippen molar-refractivity contribution >= 4 is 40.6 Å². The number of aliphatic hydroxyl groups excluding tert-OH is 1. The Morgan fingerprint density at radius 1 is 0.959 bits per heavy atom. The number of aryl methyl sites for hydroxylation is 1. The third-order valence-corrected chi connectivity index (χ3v) is 16.1. The molecule has 4 aromatic heterocycles. The van der Waals surface area contributed by atoms with Crippen LogP contribution in [0.4, 0.5) is 11.6 Å². The Morgan fingerprint density at radius 2 is 1.73 bits per heavy atom. The van der Waals surface area contributed by atoms with Gasteiger partial charge < -0.3 is 50.0 Å². The van der Waals surface area contributed by atoms with Crippen molar-refractivity contribution in [3.8, 4) is 39.3 Å². The van der Waals surface area contributed by atoms with Gasteiger partial charge in [-0.15, -0.1) is 11.3 Å². The minimum absolute atomic E-state index is 0.0836. The lowest BCUT2D eigenvalue weighted by Gasteiger charge is -2.41. The Hall–Kier alpha value is -6.36. The number of phenolic OH excluding ortho intramolecular Hbond substituents is 1. The van der Waals surface area contributed by atoms with Crippen LogP contribution in [0.1, 0.15) is 100 Å². The molecule has 73 heavy (non-hydrogen) atoms. The Balaban J connectivity index is 0.634. The maximum absolute atomic E-state index is 14.3. The highest BCUT2D eigenvalue weighted by molar-refractivity contribution is 7.13. The number of carbonyl (C=O) groups is 2. The number of nitrogens with zero attached hydrogens (tertiary/aromatic N) is 8. The van der Waals surface area contributed by atoms with Crippen LogP contribution in [0.3, 0.4) is 0 Å². The number of carbonyl (C=O) groups excluding carboxylic acids is 2. The Morgan fingerprint density at radius 3 is 2.45 bits per heavy atom. The maximum Gasteiger partial charge on any atom is 0.243 e. The number of likely N-dealkylation sites (tertiary alicyclic amines) is 2.